The van der Waals surface area contributed by atoms with Gasteiger partial charge in [-0.25, -0.2) is 18.1 Å². The van der Waals surface area contributed by atoms with E-state index >= 15 is 0 Å². The third-order valence-corrected chi connectivity index (χ3v) is 8.32. The number of sulfonamides is 1. The second-order valence-corrected chi connectivity index (χ2v) is 10.5. The number of hydrogen-bond donors (Lipinski definition) is 0. The van der Waals surface area contributed by atoms with Crippen molar-refractivity contribution in [3.63, 3.8) is 0 Å². The number of hydrogen-bond acceptors (Lipinski definition) is 6. The molecule has 1 unspecified atom stereocenters. The van der Waals surface area contributed by atoms with Crippen LogP contribution in [-0.4, -0.2) is 49.2 Å². The monoisotopic (exact) mass is 484 g/mol. The molecular weight excluding hydrogens is 456 g/mol. The molecule has 34 heavy (non-hydrogen) atoms. The predicted molar refractivity (Wildman–Crippen MR) is 126 cm³/mol. The molecule has 1 atom stereocenters. The molecule has 1 saturated heterocycles. The van der Waals surface area contributed by atoms with Crippen LogP contribution in [0.4, 0.5) is 5.69 Å². The minimum atomic E-state index is -4.00. The van der Waals surface area contributed by atoms with E-state index in [0.29, 0.717) is 24.1 Å². The molecular formula is C25H28N2O6S. The van der Waals surface area contributed by atoms with E-state index in [-0.39, 0.29) is 24.0 Å². The Balaban J connectivity index is 1.66. The zero-order valence-corrected chi connectivity index (χ0v) is 20.1. The van der Waals surface area contributed by atoms with Gasteiger partial charge in [-0.15, -0.1) is 0 Å². The number of carbonyl (C=O) groups is 3. The molecule has 0 radical (unpaired) electrons. The first-order valence-electron chi connectivity index (χ1n) is 11.5. The van der Waals surface area contributed by atoms with Crippen molar-refractivity contribution < 1.29 is 27.5 Å². The highest BCUT2D eigenvalue weighted by Crippen LogP contribution is 2.35. The van der Waals surface area contributed by atoms with Crippen LogP contribution in [0.15, 0.2) is 53.4 Å². The van der Waals surface area contributed by atoms with E-state index < -0.39 is 33.8 Å². The predicted octanol–water partition coefficient (Wildman–Crippen LogP) is 3.44. The van der Waals surface area contributed by atoms with Crippen LogP contribution in [0.2, 0.25) is 0 Å². The number of esters is 1. The molecule has 2 amide bonds. The van der Waals surface area contributed by atoms with Gasteiger partial charge >= 0.3 is 5.97 Å². The fourth-order valence-electron chi connectivity index (χ4n) is 4.66. The molecule has 180 valence electrons. The molecule has 2 aliphatic rings. The van der Waals surface area contributed by atoms with Crippen LogP contribution in [0.1, 0.15) is 54.9 Å². The molecule has 0 bridgehead atoms. The molecule has 1 aliphatic heterocycles. The Kier molecular flexibility index (Phi) is 6.86. The molecule has 9 heteroatoms. The van der Waals surface area contributed by atoms with Gasteiger partial charge < -0.3 is 4.74 Å². The highest BCUT2D eigenvalue weighted by molar-refractivity contribution is 7.89. The van der Waals surface area contributed by atoms with Crippen LogP contribution < -0.4 is 4.90 Å². The molecule has 2 aromatic rings. The smallest absolute Gasteiger partial charge is 0.338 e. The van der Waals surface area contributed by atoms with E-state index in [1.54, 1.807) is 31.2 Å². The lowest BCUT2D eigenvalue weighted by Gasteiger charge is -2.32. The number of carbonyl (C=O) groups excluding carboxylic acids is 3. The lowest BCUT2D eigenvalue weighted by molar-refractivity contribution is -0.122. The fourth-order valence-corrected chi connectivity index (χ4v) is 6.48. The van der Waals surface area contributed by atoms with Crippen LogP contribution >= 0.6 is 0 Å². The van der Waals surface area contributed by atoms with Gasteiger partial charge in [0.05, 0.1) is 29.2 Å². The first-order valence-corrected chi connectivity index (χ1v) is 12.9. The number of imide groups is 1. The van der Waals surface area contributed by atoms with Crippen LogP contribution in [0.5, 0.6) is 0 Å². The van der Waals surface area contributed by atoms with Gasteiger partial charge in [-0.05, 0) is 63.1 Å². The summed E-state index contributed by atoms with van der Waals surface area (Å²) in [5.74, 6) is -1.54. The number of benzene rings is 2. The van der Waals surface area contributed by atoms with Crippen LogP contribution in [0, 0.1) is 6.92 Å². The molecule has 0 spiro atoms. The van der Waals surface area contributed by atoms with Crippen molar-refractivity contribution in [3.8, 4) is 0 Å². The minimum absolute atomic E-state index is 0.113. The maximum absolute atomic E-state index is 13.7. The van der Waals surface area contributed by atoms with Crippen LogP contribution in [-0.2, 0) is 24.3 Å². The normalized spacial score (nSPS) is 19.3. The SMILES string of the molecule is CCOC(=O)c1ccc(N2C(=O)CC(N(C3CCCC3)S(=O)(=O)c3ccc(C)cc3)C2=O)cc1. The molecule has 1 saturated carbocycles. The van der Waals surface area contributed by atoms with Crippen LogP contribution in [0.3, 0.4) is 0 Å². The van der Waals surface area contributed by atoms with E-state index in [2.05, 4.69) is 0 Å². The number of anilines is 1. The Labute approximate surface area is 199 Å². The molecule has 2 fully saturated rings. The maximum Gasteiger partial charge on any atom is 0.338 e. The van der Waals surface area contributed by atoms with Crippen molar-refractivity contribution in [3.05, 3.63) is 59.7 Å². The Morgan fingerprint density at radius 2 is 1.65 bits per heavy atom. The highest BCUT2D eigenvalue weighted by Gasteiger charge is 2.49. The summed E-state index contributed by atoms with van der Waals surface area (Å²) in [6.45, 7) is 3.81. The quantitative estimate of drug-likeness (QED) is 0.441. The lowest BCUT2D eigenvalue weighted by Crippen LogP contribution is -2.49. The molecule has 1 heterocycles. The van der Waals surface area contributed by atoms with E-state index in [1.807, 2.05) is 6.92 Å². The summed E-state index contributed by atoms with van der Waals surface area (Å²) >= 11 is 0. The summed E-state index contributed by atoms with van der Waals surface area (Å²) in [6, 6.07) is 11.1. The minimum Gasteiger partial charge on any atom is -0.462 e. The van der Waals surface area contributed by atoms with Gasteiger partial charge in [0.25, 0.3) is 5.91 Å². The molecule has 4 rings (SSSR count). The summed E-state index contributed by atoms with van der Waals surface area (Å²) in [4.78, 5) is 39.5. The van der Waals surface area contributed by atoms with Crippen molar-refractivity contribution in [1.82, 2.24) is 4.31 Å². The van der Waals surface area contributed by atoms with E-state index in [4.69, 9.17) is 4.74 Å². The van der Waals surface area contributed by atoms with Crippen molar-refractivity contribution in [2.45, 2.75) is 62.9 Å². The van der Waals surface area contributed by atoms with E-state index in [1.165, 1.54) is 28.6 Å². The number of amides is 2. The zero-order valence-electron chi connectivity index (χ0n) is 19.3. The van der Waals surface area contributed by atoms with Gasteiger partial charge in [0, 0.05) is 6.04 Å². The van der Waals surface area contributed by atoms with Gasteiger partial charge in [0.2, 0.25) is 15.9 Å². The van der Waals surface area contributed by atoms with Crippen molar-refractivity contribution >= 4 is 33.5 Å². The van der Waals surface area contributed by atoms with Crippen molar-refractivity contribution in [1.29, 1.82) is 0 Å². The number of aryl methyl sites for hydroxylation is 1. The van der Waals surface area contributed by atoms with Gasteiger partial charge in [-0.2, -0.15) is 4.31 Å². The zero-order chi connectivity index (χ0) is 24.5. The Morgan fingerprint density at radius 1 is 1.03 bits per heavy atom. The largest absolute Gasteiger partial charge is 0.462 e. The first kappa shape index (κ1) is 24.1. The molecule has 0 aromatic heterocycles. The highest BCUT2D eigenvalue weighted by atomic mass is 32.2. The molecule has 0 N–H and O–H groups in total. The molecule has 8 nitrogen and oxygen atoms in total. The average molecular weight is 485 g/mol. The number of rotatable bonds is 7. The molecule has 2 aromatic carbocycles. The average Bonchev–Trinajstić information content (AvgIpc) is 3.43. The second kappa shape index (κ2) is 9.68. The Bertz CT molecular complexity index is 1180. The number of ether oxygens (including phenoxy) is 1. The van der Waals surface area contributed by atoms with Gasteiger partial charge in [-0.3, -0.25) is 9.59 Å². The Hall–Kier alpha value is -3.04. The van der Waals surface area contributed by atoms with Crippen molar-refractivity contribution in [2.24, 2.45) is 0 Å². The summed E-state index contributed by atoms with van der Waals surface area (Å²) in [5.41, 5.74) is 1.52. The fraction of sp³-hybridized carbons (Fsp3) is 0.400. The van der Waals surface area contributed by atoms with Crippen molar-refractivity contribution in [2.75, 3.05) is 11.5 Å². The van der Waals surface area contributed by atoms with E-state index in [9.17, 15) is 22.8 Å². The standard InChI is InChI=1S/C25H28N2O6S/c1-3-33-25(30)18-10-12-19(13-11-18)26-23(28)16-22(24(26)29)27(20-6-4-5-7-20)34(31,32)21-14-8-17(2)9-15-21/h8-15,20,22H,3-7,16H2,1-2H3. The summed E-state index contributed by atoms with van der Waals surface area (Å²) in [5, 5.41) is 0. The topological polar surface area (TPSA) is 101 Å². The third kappa shape index (κ3) is 4.50. The van der Waals surface area contributed by atoms with Gasteiger partial charge in [0.1, 0.15) is 6.04 Å². The van der Waals surface area contributed by atoms with E-state index in [0.717, 1.165) is 23.3 Å². The summed E-state index contributed by atoms with van der Waals surface area (Å²) in [7, 11) is -4.00. The summed E-state index contributed by atoms with van der Waals surface area (Å²) in [6.07, 6.45) is 2.83. The lowest BCUT2D eigenvalue weighted by atomic mass is 10.1. The Morgan fingerprint density at radius 3 is 2.24 bits per heavy atom. The molecule has 1 aliphatic carbocycles. The van der Waals surface area contributed by atoms with Crippen LogP contribution in [0.25, 0.3) is 0 Å². The number of nitrogens with zero attached hydrogens (tertiary/aromatic N) is 2. The van der Waals surface area contributed by atoms with Gasteiger partial charge in [-0.1, -0.05) is 30.5 Å². The first-order chi connectivity index (χ1) is 16.2. The van der Waals surface area contributed by atoms with Gasteiger partial charge in [0.15, 0.2) is 0 Å². The third-order valence-electron chi connectivity index (χ3n) is 6.35. The maximum atomic E-state index is 13.7. The summed E-state index contributed by atoms with van der Waals surface area (Å²) < 4.78 is 33.6. The second-order valence-electron chi connectivity index (χ2n) is 8.64.